The van der Waals surface area contributed by atoms with Gasteiger partial charge in [-0.05, 0) is 12.1 Å². The Labute approximate surface area is 68.6 Å². The fourth-order valence-electron chi connectivity index (χ4n) is 0.850. The zero-order valence-corrected chi connectivity index (χ0v) is 6.11. The van der Waals surface area contributed by atoms with Crippen molar-refractivity contribution >= 4 is 12.2 Å². The van der Waals surface area contributed by atoms with Crippen LogP contribution < -0.4 is 0 Å². The molecule has 0 bridgehead atoms. The Morgan fingerprint density at radius 1 is 1.50 bits per heavy atom. The normalized spacial score (nSPS) is 9.33. The monoisotopic (exact) mass is 165 g/mol. The van der Waals surface area contributed by atoms with Crippen molar-refractivity contribution in [1.82, 2.24) is 0 Å². The second-order valence-electron chi connectivity index (χ2n) is 2.19. The van der Waals surface area contributed by atoms with Gasteiger partial charge in [-0.15, -0.1) is 0 Å². The van der Waals surface area contributed by atoms with E-state index >= 15 is 0 Å². The van der Waals surface area contributed by atoms with E-state index < -0.39 is 5.97 Å². The lowest BCUT2D eigenvalue weighted by atomic mass is 10.1. The molecule has 0 saturated heterocycles. The van der Waals surface area contributed by atoms with E-state index in [0.717, 1.165) is 6.21 Å². The molecule has 0 saturated carbocycles. The second kappa shape index (κ2) is 3.04. The highest BCUT2D eigenvalue weighted by atomic mass is 16.4. The predicted molar refractivity (Wildman–Crippen MR) is 43.0 cm³/mol. The lowest BCUT2D eigenvalue weighted by molar-refractivity contribution is 0.0693. The summed E-state index contributed by atoms with van der Waals surface area (Å²) in [7, 11) is 0. The summed E-state index contributed by atoms with van der Waals surface area (Å²) in [5.74, 6) is -1.56. The van der Waals surface area contributed by atoms with Gasteiger partial charge < -0.3 is 15.6 Å². The Balaban J connectivity index is 3.32. The van der Waals surface area contributed by atoms with Crippen LogP contribution in [0.1, 0.15) is 15.9 Å². The van der Waals surface area contributed by atoms with Crippen LogP contribution in [0.4, 0.5) is 0 Å². The zero-order valence-electron chi connectivity index (χ0n) is 6.11. The number of hydrogen-bond acceptors (Lipinski definition) is 3. The molecule has 0 fully saturated rings. The molecule has 4 heteroatoms. The zero-order chi connectivity index (χ0) is 9.14. The Kier molecular flexibility index (Phi) is 2.09. The minimum Gasteiger partial charge on any atom is -0.506 e. The summed E-state index contributed by atoms with van der Waals surface area (Å²) in [5, 5.41) is 24.6. The van der Waals surface area contributed by atoms with Crippen LogP contribution in [0.25, 0.3) is 0 Å². The van der Waals surface area contributed by atoms with Gasteiger partial charge >= 0.3 is 5.97 Å². The van der Waals surface area contributed by atoms with Gasteiger partial charge in [-0.25, -0.2) is 4.79 Å². The quantitative estimate of drug-likeness (QED) is 0.573. The molecule has 0 aliphatic heterocycles. The van der Waals surface area contributed by atoms with Crippen molar-refractivity contribution in [2.75, 3.05) is 0 Å². The minimum atomic E-state index is -1.20. The third kappa shape index (κ3) is 1.27. The number of carbonyl (C=O) groups is 1. The molecule has 0 amide bonds. The smallest absolute Gasteiger partial charge is 0.339 e. The summed E-state index contributed by atoms with van der Waals surface area (Å²) in [6.07, 6.45) is 0.905. The van der Waals surface area contributed by atoms with Crippen LogP contribution in [-0.4, -0.2) is 22.4 Å². The number of carboxylic acids is 1. The van der Waals surface area contributed by atoms with Gasteiger partial charge in [0.25, 0.3) is 0 Å². The molecule has 12 heavy (non-hydrogen) atoms. The first-order valence-electron chi connectivity index (χ1n) is 3.22. The summed E-state index contributed by atoms with van der Waals surface area (Å²) < 4.78 is 0. The Hall–Kier alpha value is -1.84. The predicted octanol–water partition coefficient (Wildman–Crippen LogP) is 1.09. The van der Waals surface area contributed by atoms with E-state index in [1.54, 1.807) is 0 Å². The first-order chi connectivity index (χ1) is 5.66. The summed E-state index contributed by atoms with van der Waals surface area (Å²) in [6.45, 7) is 0. The third-order valence-corrected chi connectivity index (χ3v) is 1.45. The van der Waals surface area contributed by atoms with Gasteiger partial charge in [-0.2, -0.15) is 0 Å². The Morgan fingerprint density at radius 2 is 2.17 bits per heavy atom. The van der Waals surface area contributed by atoms with Gasteiger partial charge in [0.1, 0.15) is 11.3 Å². The molecule has 4 nitrogen and oxygen atoms in total. The molecule has 0 aliphatic carbocycles. The number of rotatable bonds is 2. The maximum atomic E-state index is 10.5. The molecular weight excluding hydrogens is 158 g/mol. The van der Waals surface area contributed by atoms with Crippen molar-refractivity contribution in [2.24, 2.45) is 0 Å². The average molecular weight is 165 g/mol. The highest BCUT2D eigenvalue weighted by Gasteiger charge is 2.10. The molecule has 0 heterocycles. The van der Waals surface area contributed by atoms with E-state index in [-0.39, 0.29) is 16.9 Å². The molecule has 1 rings (SSSR count). The number of aromatic hydroxyl groups is 1. The first kappa shape index (κ1) is 8.26. The van der Waals surface area contributed by atoms with E-state index in [1.807, 2.05) is 0 Å². The fourth-order valence-corrected chi connectivity index (χ4v) is 0.850. The highest BCUT2D eigenvalue weighted by Crippen LogP contribution is 2.20. The molecule has 0 aromatic heterocycles. The highest BCUT2D eigenvalue weighted by molar-refractivity contribution is 5.95. The van der Waals surface area contributed by atoms with Gasteiger partial charge in [-0.1, -0.05) is 6.07 Å². The second-order valence-corrected chi connectivity index (χ2v) is 2.19. The molecule has 0 radical (unpaired) electrons. The van der Waals surface area contributed by atoms with Crippen LogP contribution in [-0.2, 0) is 0 Å². The summed E-state index contributed by atoms with van der Waals surface area (Å²) in [6, 6.07) is 4.23. The van der Waals surface area contributed by atoms with Gasteiger partial charge in [-0.3, -0.25) is 0 Å². The average Bonchev–Trinajstić information content (AvgIpc) is 2.04. The van der Waals surface area contributed by atoms with Crippen LogP contribution >= 0.6 is 0 Å². The molecule has 0 atom stereocenters. The van der Waals surface area contributed by atoms with Crippen molar-refractivity contribution in [1.29, 1.82) is 5.41 Å². The lowest BCUT2D eigenvalue weighted by Gasteiger charge is -2.00. The van der Waals surface area contributed by atoms with Crippen LogP contribution in [0.5, 0.6) is 5.75 Å². The van der Waals surface area contributed by atoms with Crippen LogP contribution in [0.2, 0.25) is 0 Å². The number of phenols is 1. The fraction of sp³-hybridized carbons (Fsp3) is 0. The SMILES string of the molecule is N=Cc1cccc(C(=O)O)c1O. The molecule has 0 spiro atoms. The van der Waals surface area contributed by atoms with E-state index in [4.69, 9.17) is 10.5 Å². The van der Waals surface area contributed by atoms with Crippen molar-refractivity contribution in [3.63, 3.8) is 0 Å². The number of benzene rings is 1. The van der Waals surface area contributed by atoms with Crippen molar-refractivity contribution in [2.45, 2.75) is 0 Å². The van der Waals surface area contributed by atoms with E-state index in [1.165, 1.54) is 18.2 Å². The topological polar surface area (TPSA) is 81.4 Å². The molecule has 1 aromatic rings. The van der Waals surface area contributed by atoms with Gasteiger partial charge in [0.15, 0.2) is 0 Å². The number of carboxylic acid groups (broad SMARTS) is 1. The molecular formula is C8H7NO3. The lowest BCUT2D eigenvalue weighted by Crippen LogP contribution is -1.98. The molecule has 0 unspecified atom stereocenters. The van der Waals surface area contributed by atoms with Gasteiger partial charge in [0.05, 0.1) is 0 Å². The Bertz CT molecular complexity index is 333. The summed E-state index contributed by atoms with van der Waals surface area (Å²) >= 11 is 0. The molecule has 62 valence electrons. The number of aromatic carboxylic acids is 1. The largest absolute Gasteiger partial charge is 0.506 e. The minimum absolute atomic E-state index is 0.184. The first-order valence-corrected chi connectivity index (χ1v) is 3.22. The van der Waals surface area contributed by atoms with E-state index in [9.17, 15) is 9.90 Å². The number of hydrogen-bond donors (Lipinski definition) is 3. The molecule has 1 aromatic carbocycles. The van der Waals surface area contributed by atoms with E-state index in [2.05, 4.69) is 0 Å². The van der Waals surface area contributed by atoms with Gasteiger partial charge in [0.2, 0.25) is 0 Å². The molecule has 0 aliphatic rings. The van der Waals surface area contributed by atoms with Crippen LogP contribution in [0.3, 0.4) is 0 Å². The third-order valence-electron chi connectivity index (χ3n) is 1.45. The van der Waals surface area contributed by atoms with Crippen molar-refractivity contribution in [3.8, 4) is 5.75 Å². The number of para-hydroxylation sites is 1. The van der Waals surface area contributed by atoms with E-state index in [0.29, 0.717) is 0 Å². The van der Waals surface area contributed by atoms with Crippen molar-refractivity contribution < 1.29 is 15.0 Å². The molecule has 3 N–H and O–H groups in total. The summed E-state index contributed by atoms with van der Waals surface area (Å²) in [5.41, 5.74) is 0.0194. The summed E-state index contributed by atoms with van der Waals surface area (Å²) in [4.78, 5) is 10.5. The number of nitrogens with one attached hydrogen (secondary N) is 1. The van der Waals surface area contributed by atoms with Crippen molar-refractivity contribution in [3.05, 3.63) is 29.3 Å². The van der Waals surface area contributed by atoms with Gasteiger partial charge in [0, 0.05) is 11.8 Å². The van der Waals surface area contributed by atoms with Crippen LogP contribution in [0.15, 0.2) is 18.2 Å². The van der Waals surface area contributed by atoms with Crippen LogP contribution in [0, 0.1) is 5.41 Å². The standard InChI is InChI=1S/C8H7NO3/c9-4-5-2-1-3-6(7(5)10)8(11)12/h1-4,9-10H,(H,11,12). The Morgan fingerprint density at radius 3 is 2.67 bits per heavy atom. The maximum Gasteiger partial charge on any atom is 0.339 e. The maximum absolute atomic E-state index is 10.5.